The van der Waals surface area contributed by atoms with Crippen LogP contribution in [0.5, 0.6) is 0 Å². The summed E-state index contributed by atoms with van der Waals surface area (Å²) in [4.78, 5) is 44.5. The standard InChI is InChI=1S/C75H126N2O5/c1-51(2)53(5)26-28-55(7)63-34-36-65-61-32-30-57-49-59(38-42-72(57,9)67(61)40-44-74(63,65)11)81-70(79)24-19-15-16-21-47-77(48-22-46-76(13)14)69(78)23-18-17-20-25-71(80)82-60-39-43-73(10)58(50-60)31-33-62-66-37-35-64(75(66,12)45-41-68(62)73)56(8)29-27-54(6)52(3)4/h27,29-31,51-56,59-68H,15-26,28,32-50H2,1-14H3/b29-27+. The third-order valence-electron chi connectivity index (χ3n) is 26.4. The Kier molecular flexibility index (Phi) is 22.9. The summed E-state index contributed by atoms with van der Waals surface area (Å²) in [6, 6.07) is 0. The molecule has 0 aromatic heterocycles. The molecule has 8 aliphatic carbocycles. The Morgan fingerprint density at radius 2 is 1.04 bits per heavy atom. The van der Waals surface area contributed by atoms with E-state index >= 15 is 0 Å². The van der Waals surface area contributed by atoms with Crippen LogP contribution in [-0.2, 0) is 23.9 Å². The Bertz CT molecular complexity index is 2190. The number of unbranched alkanes of at least 4 members (excludes halogenated alkanes) is 5. The lowest BCUT2D eigenvalue weighted by atomic mass is 9.47. The molecule has 6 fully saturated rings. The van der Waals surface area contributed by atoms with E-state index in [0.29, 0.717) is 47.8 Å². The highest BCUT2D eigenvalue weighted by Gasteiger charge is 2.61. The van der Waals surface area contributed by atoms with E-state index in [1.165, 1.54) is 77.0 Å². The fourth-order valence-electron chi connectivity index (χ4n) is 20.3. The number of rotatable bonds is 28. The molecular weight excluding hydrogens is 1010 g/mol. The van der Waals surface area contributed by atoms with Gasteiger partial charge in [0.05, 0.1) is 0 Å². The van der Waals surface area contributed by atoms with Crippen molar-refractivity contribution in [3.63, 3.8) is 0 Å². The quantitative estimate of drug-likeness (QED) is 0.0441. The van der Waals surface area contributed by atoms with E-state index in [0.717, 1.165) is 175 Å². The molecule has 0 N–H and O–H groups in total. The summed E-state index contributed by atoms with van der Waals surface area (Å²) in [5.41, 5.74) is 4.63. The maximum Gasteiger partial charge on any atom is 0.306 e. The maximum absolute atomic E-state index is 13.6. The van der Waals surface area contributed by atoms with Gasteiger partial charge in [-0.1, -0.05) is 151 Å². The maximum atomic E-state index is 13.6. The SMILES string of the molecule is CC(C)C(C)/C=C/C(C)C1CCC2C3CC=C4CC(OC(=O)CCCCCC(=O)N(CCCCCCC(=O)OC5CCC6(C)C(=CCC7C6CCC6(C)C(C(C)CCC(C)C(C)C)CCC76)C5)CCCN(C)C)CCC4(C)C3CCC12C. The first-order valence-electron chi connectivity index (χ1n) is 35.4. The molecule has 0 aromatic carbocycles. The van der Waals surface area contributed by atoms with Gasteiger partial charge in [-0.15, -0.1) is 0 Å². The first-order valence-corrected chi connectivity index (χ1v) is 35.4. The Labute approximate surface area is 504 Å². The minimum atomic E-state index is -0.0587. The van der Waals surface area contributed by atoms with Gasteiger partial charge in [-0.3, -0.25) is 14.4 Å². The molecule has 0 heterocycles. The van der Waals surface area contributed by atoms with Crippen LogP contribution in [0, 0.1) is 105 Å². The zero-order valence-electron chi connectivity index (χ0n) is 55.6. The van der Waals surface area contributed by atoms with Gasteiger partial charge in [0.2, 0.25) is 5.91 Å². The number of fused-ring (bicyclic) bond motifs is 10. The van der Waals surface area contributed by atoms with Crippen LogP contribution in [0.15, 0.2) is 35.5 Å². The van der Waals surface area contributed by atoms with E-state index < -0.39 is 0 Å². The molecule has 0 aliphatic heterocycles. The van der Waals surface area contributed by atoms with Crippen molar-refractivity contribution >= 4 is 17.8 Å². The van der Waals surface area contributed by atoms with Crippen LogP contribution in [0.3, 0.4) is 0 Å². The highest BCUT2D eigenvalue weighted by atomic mass is 16.5. The molecular formula is C75H126N2O5. The van der Waals surface area contributed by atoms with Gasteiger partial charge in [-0.05, 0) is 247 Å². The lowest BCUT2D eigenvalue weighted by Gasteiger charge is -2.58. The average molecular weight is 1140 g/mol. The number of carbonyl (C=O) groups excluding carboxylic acids is 3. The zero-order chi connectivity index (χ0) is 59.1. The molecule has 0 saturated heterocycles. The Balaban J connectivity index is 0.700. The predicted molar refractivity (Wildman–Crippen MR) is 341 cm³/mol. The highest BCUT2D eigenvalue weighted by Crippen LogP contribution is 2.69. The molecule has 82 heavy (non-hydrogen) atoms. The number of hydrogen-bond donors (Lipinski definition) is 0. The van der Waals surface area contributed by atoms with Crippen molar-refractivity contribution in [1.82, 2.24) is 9.80 Å². The van der Waals surface area contributed by atoms with Crippen molar-refractivity contribution in [3.8, 4) is 0 Å². The fraction of sp³-hybridized carbons (Fsp3) is 0.880. The monoisotopic (exact) mass is 1130 g/mol. The van der Waals surface area contributed by atoms with E-state index in [1.54, 1.807) is 11.1 Å². The zero-order valence-corrected chi connectivity index (χ0v) is 55.6. The number of allylic oxidation sites excluding steroid dienone is 4. The van der Waals surface area contributed by atoms with Gasteiger partial charge < -0.3 is 19.3 Å². The minimum Gasteiger partial charge on any atom is -0.462 e. The van der Waals surface area contributed by atoms with Crippen LogP contribution < -0.4 is 0 Å². The summed E-state index contributed by atoms with van der Waals surface area (Å²) in [5.74, 6) is 11.1. The second kappa shape index (κ2) is 28.6. The van der Waals surface area contributed by atoms with Crippen molar-refractivity contribution < 1.29 is 23.9 Å². The summed E-state index contributed by atoms with van der Waals surface area (Å²) in [6.07, 6.45) is 41.4. The number of esters is 2. The van der Waals surface area contributed by atoms with Crippen molar-refractivity contribution in [3.05, 3.63) is 35.5 Å². The highest BCUT2D eigenvalue weighted by molar-refractivity contribution is 5.76. The van der Waals surface area contributed by atoms with Gasteiger partial charge in [0.25, 0.3) is 0 Å². The van der Waals surface area contributed by atoms with Gasteiger partial charge in [-0.2, -0.15) is 0 Å². The number of nitrogens with zero attached hydrogens (tertiary/aromatic N) is 2. The number of amides is 1. The molecule has 466 valence electrons. The smallest absolute Gasteiger partial charge is 0.306 e. The summed E-state index contributed by atoms with van der Waals surface area (Å²) >= 11 is 0. The molecule has 8 aliphatic rings. The lowest BCUT2D eigenvalue weighted by Crippen LogP contribution is -2.51. The molecule has 0 radical (unpaired) electrons. The van der Waals surface area contributed by atoms with Crippen LogP contribution in [0.2, 0.25) is 0 Å². The first-order chi connectivity index (χ1) is 39.0. The van der Waals surface area contributed by atoms with E-state index in [1.807, 2.05) is 0 Å². The average Bonchev–Trinajstić information content (AvgIpc) is 2.52. The van der Waals surface area contributed by atoms with Crippen LogP contribution in [-0.4, -0.2) is 73.6 Å². The largest absolute Gasteiger partial charge is 0.462 e. The Hall–Kier alpha value is -2.41. The summed E-state index contributed by atoms with van der Waals surface area (Å²) in [7, 11) is 4.19. The van der Waals surface area contributed by atoms with Gasteiger partial charge in [0, 0.05) is 45.2 Å². The number of hydrogen-bond acceptors (Lipinski definition) is 6. The molecule has 0 bridgehead atoms. The Morgan fingerprint density at radius 3 is 1.57 bits per heavy atom. The normalized spacial score (nSPS) is 36.5. The summed E-state index contributed by atoms with van der Waals surface area (Å²) in [5, 5.41) is 0. The number of ether oxygens (including phenoxy) is 2. The van der Waals surface area contributed by atoms with E-state index in [2.05, 4.69) is 131 Å². The molecule has 18 atom stereocenters. The van der Waals surface area contributed by atoms with Gasteiger partial charge in [-0.25, -0.2) is 0 Å². The molecule has 0 aromatic rings. The van der Waals surface area contributed by atoms with E-state index in [-0.39, 0.29) is 40.9 Å². The van der Waals surface area contributed by atoms with Crippen molar-refractivity contribution in [1.29, 1.82) is 0 Å². The topological polar surface area (TPSA) is 76.2 Å². The predicted octanol–water partition coefficient (Wildman–Crippen LogP) is 18.8. The van der Waals surface area contributed by atoms with Crippen LogP contribution in [0.25, 0.3) is 0 Å². The molecule has 6 saturated carbocycles. The molecule has 7 heteroatoms. The third-order valence-corrected chi connectivity index (χ3v) is 26.4. The van der Waals surface area contributed by atoms with Crippen molar-refractivity contribution in [2.75, 3.05) is 33.7 Å². The summed E-state index contributed by atoms with van der Waals surface area (Å²) in [6.45, 7) is 32.4. The van der Waals surface area contributed by atoms with Gasteiger partial charge >= 0.3 is 11.9 Å². The summed E-state index contributed by atoms with van der Waals surface area (Å²) < 4.78 is 12.5. The third kappa shape index (κ3) is 14.9. The second-order valence-electron chi connectivity index (χ2n) is 32.1. The van der Waals surface area contributed by atoms with E-state index in [4.69, 9.17) is 9.47 Å². The molecule has 7 nitrogen and oxygen atoms in total. The van der Waals surface area contributed by atoms with Gasteiger partial charge in [0.15, 0.2) is 0 Å². The number of carbonyl (C=O) groups is 3. The lowest BCUT2D eigenvalue weighted by molar-refractivity contribution is -0.152. The Morgan fingerprint density at radius 1 is 0.537 bits per heavy atom. The molecule has 8 rings (SSSR count). The van der Waals surface area contributed by atoms with Crippen LogP contribution in [0.4, 0.5) is 0 Å². The van der Waals surface area contributed by atoms with Crippen molar-refractivity contribution in [2.24, 2.45) is 105 Å². The molecule has 0 spiro atoms. The van der Waals surface area contributed by atoms with Crippen LogP contribution in [0.1, 0.15) is 269 Å². The second-order valence-corrected chi connectivity index (χ2v) is 32.1. The van der Waals surface area contributed by atoms with Crippen LogP contribution >= 0.6 is 0 Å². The first kappa shape index (κ1) is 65.6. The fourth-order valence-corrected chi connectivity index (χ4v) is 20.3. The van der Waals surface area contributed by atoms with E-state index in [9.17, 15) is 14.4 Å². The minimum absolute atomic E-state index is 0.00155. The molecule has 18 unspecified atom stereocenters. The molecule has 1 amide bonds. The van der Waals surface area contributed by atoms with Crippen molar-refractivity contribution in [2.45, 2.75) is 281 Å². The van der Waals surface area contributed by atoms with Gasteiger partial charge in [0.1, 0.15) is 12.2 Å².